The van der Waals surface area contributed by atoms with E-state index in [-0.39, 0.29) is 17.9 Å². The van der Waals surface area contributed by atoms with Crippen LogP contribution >= 0.6 is 0 Å². The fourth-order valence-electron chi connectivity index (χ4n) is 6.32. The Kier molecular flexibility index (Phi) is 6.18. The fraction of sp³-hybridized carbons (Fsp3) is 0.615. The molecule has 3 N–H and O–H groups in total. The summed E-state index contributed by atoms with van der Waals surface area (Å²) in [5.74, 6) is 2.81. The first-order valence-electron chi connectivity index (χ1n) is 12.4. The van der Waals surface area contributed by atoms with E-state index in [9.17, 15) is 9.90 Å². The van der Waals surface area contributed by atoms with Gasteiger partial charge in [-0.1, -0.05) is 13.3 Å². The predicted octanol–water partition coefficient (Wildman–Crippen LogP) is 3.10. The molecule has 2 aromatic rings. The Morgan fingerprint density at radius 3 is 2.67 bits per heavy atom. The summed E-state index contributed by atoms with van der Waals surface area (Å²) in [5, 5.41) is 12.7. The molecule has 4 fully saturated rings. The van der Waals surface area contributed by atoms with E-state index in [1.54, 1.807) is 7.11 Å². The number of anilines is 1. The third-order valence-electron chi connectivity index (χ3n) is 8.40. The smallest absolute Gasteiger partial charge is 0.220 e. The van der Waals surface area contributed by atoms with E-state index in [4.69, 9.17) is 15.5 Å². The number of ether oxygens (including phenoxy) is 1. The van der Waals surface area contributed by atoms with E-state index in [0.717, 1.165) is 79.4 Å². The van der Waals surface area contributed by atoms with Crippen LogP contribution in [-0.4, -0.2) is 60.2 Å². The average molecular weight is 453 g/mol. The lowest BCUT2D eigenvalue weighted by Crippen LogP contribution is -2.55. The van der Waals surface area contributed by atoms with Crippen LogP contribution in [0.3, 0.4) is 0 Å². The van der Waals surface area contributed by atoms with Crippen molar-refractivity contribution in [3.8, 4) is 5.75 Å². The maximum Gasteiger partial charge on any atom is 0.220 e. The minimum Gasteiger partial charge on any atom is -0.497 e. The summed E-state index contributed by atoms with van der Waals surface area (Å²) in [6, 6.07) is 8.10. The molecule has 1 amide bonds. The van der Waals surface area contributed by atoms with Crippen LogP contribution in [0.2, 0.25) is 0 Å². The van der Waals surface area contributed by atoms with Crippen LogP contribution in [0.4, 0.5) is 5.82 Å². The Hall–Kier alpha value is -2.38. The number of benzene rings is 1. The highest BCUT2D eigenvalue weighted by molar-refractivity contribution is 5.86. The largest absolute Gasteiger partial charge is 0.497 e. The zero-order valence-corrected chi connectivity index (χ0v) is 19.7. The van der Waals surface area contributed by atoms with Crippen molar-refractivity contribution in [3.05, 3.63) is 29.8 Å². The van der Waals surface area contributed by atoms with Gasteiger partial charge in [-0.3, -0.25) is 9.69 Å². The Morgan fingerprint density at radius 2 is 2.03 bits per heavy atom. The number of nitrogens with two attached hydrogens (primary N) is 1. The van der Waals surface area contributed by atoms with Gasteiger partial charge in [0.2, 0.25) is 5.91 Å². The third kappa shape index (κ3) is 4.17. The number of aliphatic hydroxyl groups excluding tert-OH is 1. The molecule has 6 rings (SSSR count). The van der Waals surface area contributed by atoms with Crippen LogP contribution in [0.15, 0.2) is 24.3 Å². The van der Waals surface area contributed by atoms with Crippen molar-refractivity contribution in [2.45, 2.75) is 51.2 Å². The highest BCUT2D eigenvalue weighted by atomic mass is 16.5. The van der Waals surface area contributed by atoms with E-state index in [1.807, 2.05) is 18.2 Å². The van der Waals surface area contributed by atoms with Gasteiger partial charge < -0.3 is 20.5 Å². The van der Waals surface area contributed by atoms with Crippen molar-refractivity contribution >= 4 is 22.6 Å². The molecular formula is C26H36N4O3. The second kappa shape index (κ2) is 9.11. The van der Waals surface area contributed by atoms with E-state index in [0.29, 0.717) is 5.92 Å². The number of rotatable bonds is 6. The first-order valence-corrected chi connectivity index (χ1v) is 12.4. The summed E-state index contributed by atoms with van der Waals surface area (Å²) >= 11 is 0. The Balaban J connectivity index is 1.49. The van der Waals surface area contributed by atoms with Crippen LogP contribution < -0.4 is 15.4 Å². The molecule has 0 aliphatic carbocycles. The van der Waals surface area contributed by atoms with Gasteiger partial charge in [-0.2, -0.15) is 0 Å². The number of piperidine rings is 4. The minimum atomic E-state index is -0.579. The second-order valence-electron chi connectivity index (χ2n) is 10.1. The molecule has 4 saturated heterocycles. The van der Waals surface area contributed by atoms with E-state index >= 15 is 0 Å². The molecule has 4 aliphatic rings. The summed E-state index contributed by atoms with van der Waals surface area (Å²) in [6.07, 6.45) is 4.41. The molecule has 178 valence electrons. The van der Waals surface area contributed by atoms with Gasteiger partial charge in [0.05, 0.1) is 18.7 Å². The van der Waals surface area contributed by atoms with Crippen LogP contribution in [0, 0.1) is 17.8 Å². The number of amides is 1. The molecule has 7 nitrogen and oxygen atoms in total. The standard InChI is InChI=1S/C26H36N4O3/c1-3-16-15-30-11-8-18(16)12-23(30)25(31)21-14-24(29-9-6-17(7-10-29)26(27)32)28-22-5-4-19(33-2)13-20(21)22/h4-5,13-14,16-18,23,25,31H,3,6-12,15H2,1-2H3,(H2,27,32)/t16-,18+,23?,25+/m0/s1. The van der Waals surface area contributed by atoms with Crippen LogP contribution in [0.1, 0.15) is 50.7 Å². The molecule has 5 atom stereocenters. The number of nitrogens with zero attached hydrogens (tertiary/aromatic N) is 3. The number of hydrogen-bond donors (Lipinski definition) is 2. The summed E-state index contributed by atoms with van der Waals surface area (Å²) in [4.78, 5) is 21.3. The monoisotopic (exact) mass is 452 g/mol. The third-order valence-corrected chi connectivity index (χ3v) is 8.40. The fourth-order valence-corrected chi connectivity index (χ4v) is 6.32. The number of primary amides is 1. The summed E-state index contributed by atoms with van der Waals surface area (Å²) in [7, 11) is 1.67. The number of aromatic nitrogens is 1. The highest BCUT2D eigenvalue weighted by Gasteiger charge is 2.42. The van der Waals surface area contributed by atoms with Crippen molar-refractivity contribution in [1.82, 2.24) is 9.88 Å². The van der Waals surface area contributed by atoms with Crippen LogP contribution in [-0.2, 0) is 4.79 Å². The van der Waals surface area contributed by atoms with Gasteiger partial charge in [-0.15, -0.1) is 0 Å². The number of pyridine rings is 1. The zero-order chi connectivity index (χ0) is 23.1. The average Bonchev–Trinajstić information content (AvgIpc) is 2.87. The molecule has 0 saturated carbocycles. The molecule has 2 bridgehead atoms. The molecule has 0 radical (unpaired) electrons. The van der Waals surface area contributed by atoms with Crippen molar-refractivity contribution in [3.63, 3.8) is 0 Å². The number of aliphatic hydroxyl groups is 1. The number of carbonyl (C=O) groups excluding carboxylic acids is 1. The van der Waals surface area contributed by atoms with E-state index in [2.05, 4.69) is 22.8 Å². The van der Waals surface area contributed by atoms with Gasteiger partial charge in [0, 0.05) is 37.0 Å². The SMILES string of the molecule is CC[C@H]1CN2CC[C@@H]1CC2[C@H](O)c1cc(N2CCC(C(N)=O)CC2)nc2ccc(OC)cc12. The number of methoxy groups -OCH3 is 1. The van der Waals surface area contributed by atoms with Crippen molar-refractivity contribution in [2.75, 3.05) is 38.2 Å². The van der Waals surface area contributed by atoms with Gasteiger partial charge in [-0.05, 0) is 73.9 Å². The minimum absolute atomic E-state index is 0.0619. The highest BCUT2D eigenvalue weighted by Crippen LogP contribution is 2.43. The van der Waals surface area contributed by atoms with Crippen molar-refractivity contribution < 1.29 is 14.6 Å². The number of fused-ring (bicyclic) bond motifs is 4. The molecule has 5 heterocycles. The topological polar surface area (TPSA) is 91.9 Å². The van der Waals surface area contributed by atoms with Crippen LogP contribution in [0.5, 0.6) is 5.75 Å². The number of hydrogen-bond acceptors (Lipinski definition) is 6. The van der Waals surface area contributed by atoms with Crippen molar-refractivity contribution in [1.29, 1.82) is 0 Å². The maximum absolute atomic E-state index is 11.7. The second-order valence-corrected chi connectivity index (χ2v) is 10.1. The maximum atomic E-state index is 11.7. The van der Waals surface area contributed by atoms with Gasteiger partial charge in [0.25, 0.3) is 0 Å². The van der Waals surface area contributed by atoms with E-state index in [1.165, 1.54) is 12.8 Å². The van der Waals surface area contributed by atoms with Gasteiger partial charge in [0.1, 0.15) is 11.6 Å². The lowest BCUT2D eigenvalue weighted by molar-refractivity contribution is -0.122. The van der Waals surface area contributed by atoms with Gasteiger partial charge in [0.15, 0.2) is 0 Å². The van der Waals surface area contributed by atoms with Gasteiger partial charge >= 0.3 is 0 Å². The quantitative estimate of drug-likeness (QED) is 0.700. The van der Waals surface area contributed by atoms with Crippen molar-refractivity contribution in [2.24, 2.45) is 23.5 Å². The molecule has 4 aliphatic heterocycles. The lowest BCUT2D eigenvalue weighted by Gasteiger charge is -2.51. The van der Waals surface area contributed by atoms with E-state index < -0.39 is 6.10 Å². The molecule has 1 aromatic heterocycles. The molecule has 7 heteroatoms. The zero-order valence-electron chi connectivity index (χ0n) is 19.7. The van der Waals surface area contributed by atoms with Crippen LogP contribution in [0.25, 0.3) is 10.9 Å². The predicted molar refractivity (Wildman–Crippen MR) is 129 cm³/mol. The molecule has 0 spiro atoms. The Morgan fingerprint density at radius 1 is 1.24 bits per heavy atom. The Labute approximate surface area is 195 Å². The first kappa shape index (κ1) is 22.4. The molecule has 33 heavy (non-hydrogen) atoms. The molecular weight excluding hydrogens is 416 g/mol. The summed E-state index contributed by atoms with van der Waals surface area (Å²) in [6.45, 7) is 5.93. The number of carbonyl (C=O) groups is 1. The molecule has 2 unspecified atom stereocenters. The van der Waals surface area contributed by atoms with Gasteiger partial charge in [-0.25, -0.2) is 4.98 Å². The summed E-state index contributed by atoms with van der Waals surface area (Å²) in [5.41, 5.74) is 7.32. The first-order chi connectivity index (χ1) is 16.0. The normalized spacial score (nSPS) is 28.8. The molecule has 1 aromatic carbocycles. The Bertz CT molecular complexity index is 1020. The summed E-state index contributed by atoms with van der Waals surface area (Å²) < 4.78 is 5.49. The lowest BCUT2D eigenvalue weighted by atomic mass is 9.72.